The fourth-order valence-electron chi connectivity index (χ4n) is 17.4. The Morgan fingerprint density at radius 2 is 0.821 bits per heavy atom. The number of phenolic OH excluding ortho intramolecular Hbond substituents is 3. The molecule has 0 bridgehead atoms. The number of benzene rings is 12. The lowest BCUT2D eigenvalue weighted by Gasteiger charge is -2.27. The Kier molecular flexibility index (Phi) is 32.2. The molecule has 1 atom stereocenters. The number of aromatic hydroxyl groups is 3. The molecule has 16 aromatic rings. The first-order chi connectivity index (χ1) is 65.9. The van der Waals surface area contributed by atoms with Crippen LogP contribution < -0.4 is 42.8 Å². The molecule has 0 fully saturated rings. The van der Waals surface area contributed by atoms with Crippen molar-refractivity contribution in [3.8, 4) is 51.0 Å². The van der Waals surface area contributed by atoms with Gasteiger partial charge in [-0.1, -0.05) is 75.7 Å². The number of aromatic amines is 3. The quantitative estimate of drug-likeness (QED) is 0.0136. The number of pyridine rings is 3. The standard InChI is InChI=1S/C20H20ClNO5.C19H16ClNO3.C19H14ClNO3.C19H18ClNO3.C18H19ClO2.C16H16ClNO2/c1-10-7-15(22-17(24)9-18(25)27-4)19(12(3)11(10)2)20(26)14-8-13(21)5-6-16(14)23;2*1-8-6-13-15(10(3)9(8)2)16-12-7-11(20)4-5-14(12)24-19(23)17(16)18(22)21-13;1-9-6-15-17(11(3)10(9)2)18(14(8-22)19(24)21-15)13-7-12(20)4-5-16(13)23;1-10-8-11(2)17(13(4)12(10)3)18(20)15-9-14(19)6-7-16(15)21-5;1-8-6-13(18)15(10(3)9(8)2)16(20)12-7-11(17)4-5-14(12)19/h5-8,23H,9H2,1-4H3,(H,22,24);4-7,19,23H,1-3H3,(H,21,22);4-7H,1-3H3,(H,21,22);4-7,22-23H,8H2,1-3H3,(H,21,24);6-9H,1-5H3;4-7,19H,18H2,1-3H3. The van der Waals surface area contributed by atoms with Gasteiger partial charge in [-0.25, -0.2) is 4.79 Å². The maximum atomic E-state index is 13.1. The lowest BCUT2D eigenvalue weighted by Crippen LogP contribution is -2.25. The number of methoxy groups -OCH3 is 2. The molecule has 0 saturated heterocycles. The number of halogens is 6. The van der Waals surface area contributed by atoms with E-state index in [-0.39, 0.29) is 78.8 Å². The Morgan fingerprint density at radius 1 is 0.407 bits per heavy atom. The smallest absolute Gasteiger partial charge is 0.349 e. The number of phenols is 3. The second-order valence-corrected chi connectivity index (χ2v) is 37.3. The van der Waals surface area contributed by atoms with E-state index >= 15 is 0 Å². The monoisotopic (exact) mass is 2000 g/mol. The molecule has 140 heavy (non-hydrogen) atoms. The number of rotatable bonds is 12. The van der Waals surface area contributed by atoms with E-state index in [0.717, 1.165) is 127 Å². The first-order valence-electron chi connectivity index (χ1n) is 44.1. The van der Waals surface area contributed by atoms with E-state index in [2.05, 4.69) is 38.9 Å². The number of carbonyl (C=O) groups excluding carboxylic acids is 5. The molecule has 1 aliphatic heterocycles. The van der Waals surface area contributed by atoms with E-state index in [1.807, 2.05) is 135 Å². The van der Waals surface area contributed by atoms with Crippen LogP contribution in [0.2, 0.25) is 30.1 Å². The maximum absolute atomic E-state index is 13.1. The van der Waals surface area contributed by atoms with Crippen molar-refractivity contribution >= 4 is 165 Å². The fourth-order valence-corrected chi connectivity index (χ4v) is 18.5. The average molecular weight is 2010 g/mol. The predicted molar refractivity (Wildman–Crippen MR) is 560 cm³/mol. The number of H-pyrrole nitrogens is 3. The number of fused-ring (bicyclic) bond motifs is 11. The molecule has 0 saturated carbocycles. The number of nitrogens with two attached hydrogens (primary N) is 1. The number of carbonyl (C=O) groups is 5. The lowest BCUT2D eigenvalue weighted by atomic mass is 9.88. The summed E-state index contributed by atoms with van der Waals surface area (Å²) in [5.74, 6) is -1.38. The zero-order chi connectivity index (χ0) is 103. The number of hydrogen-bond donors (Lipinski definition) is 10. The van der Waals surface area contributed by atoms with Crippen LogP contribution >= 0.6 is 69.6 Å². The van der Waals surface area contributed by atoms with Crippen LogP contribution in [0.5, 0.6) is 28.7 Å². The van der Waals surface area contributed by atoms with Crippen LogP contribution in [0.1, 0.15) is 177 Å². The zero-order valence-electron chi connectivity index (χ0n) is 80.7. The van der Waals surface area contributed by atoms with Crippen molar-refractivity contribution in [2.24, 2.45) is 0 Å². The Hall–Kier alpha value is -13.9. The Labute approximate surface area is 836 Å². The van der Waals surface area contributed by atoms with E-state index in [1.54, 1.807) is 92.9 Å². The van der Waals surface area contributed by atoms with Gasteiger partial charge >= 0.3 is 11.6 Å². The van der Waals surface area contributed by atoms with Crippen molar-refractivity contribution in [2.75, 3.05) is 25.3 Å². The fraction of sp³-hybridized carbons (Fsp3) is 0.216. The predicted octanol–water partition coefficient (Wildman–Crippen LogP) is 24.8. The molecule has 0 aliphatic carbocycles. The number of aliphatic hydroxyl groups excluding tert-OH is 2. The third-order valence-electron chi connectivity index (χ3n) is 26.2. The number of aliphatic hydroxyl groups is 2. The molecule has 12 aromatic carbocycles. The number of ketones is 3. The third-order valence-corrected chi connectivity index (χ3v) is 27.7. The Balaban J connectivity index is 0.000000151. The van der Waals surface area contributed by atoms with Gasteiger partial charge in [0.2, 0.25) is 12.2 Å². The first-order valence-corrected chi connectivity index (χ1v) is 46.3. The SMILES string of the molecule is COC(=O)CC(=O)Nc1cc(C)c(C)c(C)c1C(=O)c1cc(Cl)ccc1O.COc1ccc(Cl)cc1C(=O)c1c(C)cc(C)c(C)c1C.Cc1cc(N)c(C(=O)c2cc(Cl)ccc2O)c(C)c1C.Cc1cc2[nH]c(=O)c(CO)c(-c3cc(Cl)ccc3O)c2c(C)c1C.Cc1cc2[nH]c(=O)c3c(=O)oc4ccc(Cl)cc4c3c2c(C)c1C.Cc1cc2[nH]c(=O)c3c(c2c(C)c1C)-c1cc(Cl)ccc1OC3O. The summed E-state index contributed by atoms with van der Waals surface area (Å²) in [5.41, 5.74) is 31.6. The summed E-state index contributed by atoms with van der Waals surface area (Å²) in [6.45, 7) is 36.9. The number of aryl methyl sites for hydroxylation is 10. The zero-order valence-corrected chi connectivity index (χ0v) is 85.3. The van der Waals surface area contributed by atoms with Crippen LogP contribution in [0.4, 0.5) is 11.4 Å². The molecule has 1 unspecified atom stereocenters. The lowest BCUT2D eigenvalue weighted by molar-refractivity contribution is -0.142. The number of nitrogens with one attached hydrogen (secondary N) is 4. The van der Waals surface area contributed by atoms with Gasteiger partial charge in [-0.3, -0.25) is 38.4 Å². The normalized spacial score (nSPS) is 11.7. The van der Waals surface area contributed by atoms with Gasteiger partial charge in [0, 0.05) is 118 Å². The van der Waals surface area contributed by atoms with Crippen LogP contribution in [0.15, 0.2) is 169 Å². The summed E-state index contributed by atoms with van der Waals surface area (Å²) < 4.78 is 20.6. The molecule has 722 valence electrons. The highest BCUT2D eigenvalue weighted by Crippen LogP contribution is 2.48. The van der Waals surface area contributed by atoms with Crippen molar-refractivity contribution in [1.29, 1.82) is 0 Å². The van der Waals surface area contributed by atoms with Crippen LogP contribution in [0, 0.1) is 132 Å². The molecule has 11 N–H and O–H groups in total. The summed E-state index contributed by atoms with van der Waals surface area (Å²) in [6, 6.07) is 39.9. The van der Waals surface area contributed by atoms with Gasteiger partial charge in [0.05, 0.1) is 54.3 Å². The summed E-state index contributed by atoms with van der Waals surface area (Å²) in [4.78, 5) is 121. The van der Waals surface area contributed by atoms with Gasteiger partial charge in [-0.15, -0.1) is 0 Å². The first kappa shape index (κ1) is 105. The minimum absolute atomic E-state index is 0.0126. The van der Waals surface area contributed by atoms with Crippen molar-refractivity contribution in [1.82, 2.24) is 15.0 Å². The van der Waals surface area contributed by atoms with E-state index in [1.165, 1.54) is 55.1 Å². The number of aromatic nitrogens is 3. The molecule has 29 heteroatoms. The summed E-state index contributed by atoms with van der Waals surface area (Å²) in [6.07, 6.45) is -1.78. The number of ether oxygens (including phenoxy) is 3. The van der Waals surface area contributed by atoms with E-state index in [9.17, 15) is 68.7 Å². The molecular weight excluding hydrogens is 1900 g/mol. The van der Waals surface area contributed by atoms with Gasteiger partial charge in [0.25, 0.3) is 16.7 Å². The highest BCUT2D eigenvalue weighted by molar-refractivity contribution is 6.34. The Bertz CT molecular complexity index is 8080. The minimum atomic E-state index is -1.30. The second-order valence-electron chi connectivity index (χ2n) is 34.7. The van der Waals surface area contributed by atoms with Crippen molar-refractivity contribution in [2.45, 2.75) is 151 Å². The molecule has 4 aromatic heterocycles. The molecule has 1 aliphatic rings. The Morgan fingerprint density at radius 3 is 1.36 bits per heavy atom. The topological polar surface area (TPSA) is 381 Å². The van der Waals surface area contributed by atoms with Gasteiger partial charge in [0.1, 0.15) is 46.1 Å². The number of amides is 1. The van der Waals surface area contributed by atoms with Crippen LogP contribution in [0.25, 0.3) is 76.7 Å². The van der Waals surface area contributed by atoms with Crippen molar-refractivity contribution in [3.05, 3.63) is 367 Å². The highest BCUT2D eigenvalue weighted by atomic mass is 35.5. The number of nitrogen functional groups attached to an aromatic ring is 1. The molecule has 17 rings (SSSR count). The average Bonchev–Trinajstić information content (AvgIpc) is 0.723. The number of anilines is 2. The van der Waals surface area contributed by atoms with Crippen LogP contribution in [0.3, 0.4) is 0 Å². The molecule has 5 heterocycles. The number of hydrogen-bond acceptors (Lipinski definition) is 19. The minimum Gasteiger partial charge on any atom is -0.507 e. The van der Waals surface area contributed by atoms with Crippen molar-refractivity contribution in [3.63, 3.8) is 0 Å². The highest BCUT2D eigenvalue weighted by Gasteiger charge is 2.33. The van der Waals surface area contributed by atoms with Crippen LogP contribution in [-0.4, -0.2) is 83.9 Å². The van der Waals surface area contributed by atoms with E-state index in [4.69, 9.17) is 89.2 Å². The van der Waals surface area contributed by atoms with E-state index < -0.39 is 48.2 Å². The van der Waals surface area contributed by atoms with Crippen molar-refractivity contribution < 1.29 is 68.1 Å². The number of esters is 1. The maximum Gasteiger partial charge on any atom is 0.349 e. The summed E-state index contributed by atoms with van der Waals surface area (Å²) >= 11 is 36.3. The molecule has 1 amide bonds. The largest absolute Gasteiger partial charge is 0.507 e. The summed E-state index contributed by atoms with van der Waals surface area (Å²) in [7, 11) is 2.74. The molecule has 0 radical (unpaired) electrons. The third kappa shape index (κ3) is 21.2. The summed E-state index contributed by atoms with van der Waals surface area (Å²) in [5, 5.41) is 59.6. The van der Waals surface area contributed by atoms with Gasteiger partial charge < -0.3 is 70.2 Å². The molecule has 23 nitrogen and oxygen atoms in total. The second kappa shape index (κ2) is 42.9. The molecule has 0 spiro atoms. The van der Waals surface area contributed by atoms with Gasteiger partial charge in [0.15, 0.2) is 17.3 Å². The van der Waals surface area contributed by atoms with Crippen LogP contribution in [-0.2, 0) is 20.9 Å². The van der Waals surface area contributed by atoms with E-state index in [0.29, 0.717) is 108 Å². The molecular formula is C111H103Cl6N5O18. The van der Waals surface area contributed by atoms with Gasteiger partial charge in [-0.05, 0) is 377 Å². The van der Waals surface area contributed by atoms with Gasteiger partial charge in [-0.2, -0.15) is 0 Å².